The molecule has 150 valence electrons. The first-order chi connectivity index (χ1) is 13.1. The van der Waals surface area contributed by atoms with E-state index in [1.54, 1.807) is 0 Å². The number of nitrogens with one attached hydrogen (secondary N) is 2. The largest absolute Gasteiger partial charge is 0.495 e. The molecular weight excluding hydrogens is 359 g/mol. The smallest absolute Gasteiger partial charge is 0.467 e. The van der Waals surface area contributed by atoms with Crippen LogP contribution in [0.3, 0.4) is 0 Å². The second kappa shape index (κ2) is 7.26. The van der Waals surface area contributed by atoms with Crippen LogP contribution in [-0.2, 0) is 30.1 Å². The topological polar surface area (TPSA) is 89.7 Å². The molecule has 1 amide bonds. The van der Waals surface area contributed by atoms with Gasteiger partial charge in [0, 0.05) is 30.4 Å². The summed E-state index contributed by atoms with van der Waals surface area (Å²) in [6.45, 7) is 9.41. The molecule has 0 spiro atoms. The summed E-state index contributed by atoms with van der Waals surface area (Å²) >= 11 is 0. The van der Waals surface area contributed by atoms with Crippen molar-refractivity contribution in [1.29, 1.82) is 0 Å². The van der Waals surface area contributed by atoms with Gasteiger partial charge in [0.05, 0.1) is 18.3 Å². The molecule has 2 aromatic rings. The molecule has 0 saturated carbocycles. The lowest BCUT2D eigenvalue weighted by molar-refractivity contribution is -0.144. The molecule has 1 fully saturated rings. The lowest BCUT2D eigenvalue weighted by atomic mass is 9.76. The van der Waals surface area contributed by atoms with Gasteiger partial charge in [0.2, 0.25) is 5.91 Å². The number of fused-ring (bicyclic) bond motifs is 1. The standard InChI is InChI=1S/C20H27BN2O5/c1-12(24)23-16(18(25)26-6)10-13-11-22-15-9-7-8-14(17(13)15)21-27-19(2,3)20(4,5)28-21/h7-9,11,16,22H,10H2,1-6H3,(H,23,24)/t16-/m0/s1. The van der Waals surface area contributed by atoms with Gasteiger partial charge in [0.15, 0.2) is 0 Å². The minimum Gasteiger partial charge on any atom is -0.467 e. The van der Waals surface area contributed by atoms with Gasteiger partial charge in [-0.3, -0.25) is 4.79 Å². The molecule has 1 aromatic carbocycles. The number of hydrogen-bond acceptors (Lipinski definition) is 5. The summed E-state index contributed by atoms with van der Waals surface area (Å²) in [5, 5.41) is 3.59. The van der Waals surface area contributed by atoms with Crippen LogP contribution in [0.4, 0.5) is 0 Å². The van der Waals surface area contributed by atoms with E-state index < -0.39 is 30.3 Å². The van der Waals surface area contributed by atoms with Gasteiger partial charge in [-0.1, -0.05) is 12.1 Å². The predicted octanol–water partition coefficient (Wildman–Crippen LogP) is 1.69. The Morgan fingerprint density at radius 2 is 1.86 bits per heavy atom. The van der Waals surface area contributed by atoms with Crippen molar-refractivity contribution in [3.05, 3.63) is 30.0 Å². The maximum atomic E-state index is 12.1. The Morgan fingerprint density at radius 3 is 2.43 bits per heavy atom. The Bertz CT molecular complexity index is 889. The van der Waals surface area contributed by atoms with E-state index in [2.05, 4.69) is 10.3 Å². The van der Waals surface area contributed by atoms with E-state index >= 15 is 0 Å². The molecule has 1 atom stereocenters. The number of esters is 1. The molecule has 8 heteroatoms. The first-order valence-corrected chi connectivity index (χ1v) is 9.35. The van der Waals surface area contributed by atoms with Gasteiger partial charge in [0.25, 0.3) is 0 Å². The number of H-pyrrole nitrogens is 1. The van der Waals surface area contributed by atoms with Gasteiger partial charge in [0.1, 0.15) is 6.04 Å². The molecule has 7 nitrogen and oxygen atoms in total. The second-order valence-corrected chi connectivity index (χ2v) is 8.15. The van der Waals surface area contributed by atoms with Crippen molar-refractivity contribution in [3.63, 3.8) is 0 Å². The van der Waals surface area contributed by atoms with Crippen molar-refractivity contribution in [2.24, 2.45) is 0 Å². The summed E-state index contributed by atoms with van der Waals surface area (Å²) in [7, 11) is 0.780. The molecule has 0 bridgehead atoms. The molecule has 2 heterocycles. The highest BCUT2D eigenvalue weighted by molar-refractivity contribution is 6.65. The van der Waals surface area contributed by atoms with E-state index in [0.717, 1.165) is 21.9 Å². The number of aromatic amines is 1. The Hall–Kier alpha value is -2.32. The third-order valence-corrected chi connectivity index (χ3v) is 5.61. The van der Waals surface area contributed by atoms with E-state index in [1.807, 2.05) is 52.1 Å². The highest BCUT2D eigenvalue weighted by Gasteiger charge is 2.52. The number of amides is 1. The number of aromatic nitrogens is 1. The Balaban J connectivity index is 2.00. The van der Waals surface area contributed by atoms with Gasteiger partial charge in [-0.15, -0.1) is 0 Å². The summed E-state index contributed by atoms with van der Waals surface area (Å²) < 4.78 is 17.3. The van der Waals surface area contributed by atoms with Gasteiger partial charge in [-0.25, -0.2) is 4.79 Å². The molecule has 1 saturated heterocycles. The van der Waals surface area contributed by atoms with Gasteiger partial charge >= 0.3 is 13.1 Å². The number of methoxy groups -OCH3 is 1. The number of benzene rings is 1. The lowest BCUT2D eigenvalue weighted by Crippen LogP contribution is -2.42. The summed E-state index contributed by atoms with van der Waals surface area (Å²) in [5.41, 5.74) is 1.76. The molecule has 1 aliphatic heterocycles. The number of carbonyl (C=O) groups excluding carboxylic acids is 2. The molecule has 0 unspecified atom stereocenters. The van der Waals surface area contributed by atoms with Crippen molar-refractivity contribution in [1.82, 2.24) is 10.3 Å². The number of hydrogen-bond donors (Lipinski definition) is 2. The summed E-state index contributed by atoms with van der Waals surface area (Å²) in [5.74, 6) is -0.779. The number of ether oxygens (including phenoxy) is 1. The minimum atomic E-state index is -0.771. The van der Waals surface area contributed by atoms with E-state index in [-0.39, 0.29) is 5.91 Å². The SMILES string of the molecule is COC(=O)[C@H](Cc1c[nH]c2cccc(B3OC(C)(C)C(C)(C)O3)c12)NC(C)=O. The lowest BCUT2D eigenvalue weighted by Gasteiger charge is -2.32. The van der Waals surface area contributed by atoms with Crippen LogP contribution < -0.4 is 10.8 Å². The molecular formula is C20H27BN2O5. The van der Waals surface area contributed by atoms with Gasteiger partial charge in [-0.05, 0) is 44.8 Å². The summed E-state index contributed by atoms with van der Waals surface area (Å²) in [6.07, 6.45) is 2.14. The first kappa shape index (κ1) is 20.4. The fourth-order valence-electron chi connectivity index (χ4n) is 3.41. The van der Waals surface area contributed by atoms with E-state index in [1.165, 1.54) is 14.0 Å². The van der Waals surface area contributed by atoms with Crippen molar-refractivity contribution in [3.8, 4) is 0 Å². The second-order valence-electron chi connectivity index (χ2n) is 8.15. The minimum absolute atomic E-state index is 0.290. The maximum Gasteiger partial charge on any atom is 0.495 e. The van der Waals surface area contributed by atoms with Gasteiger partial charge in [-0.2, -0.15) is 0 Å². The summed E-state index contributed by atoms with van der Waals surface area (Å²) in [6, 6.07) is 5.09. The predicted molar refractivity (Wildman–Crippen MR) is 107 cm³/mol. The Morgan fingerprint density at radius 1 is 1.21 bits per heavy atom. The van der Waals surface area contributed by atoms with Crippen LogP contribution >= 0.6 is 0 Å². The number of carbonyl (C=O) groups is 2. The fourth-order valence-corrected chi connectivity index (χ4v) is 3.41. The Kier molecular flexibility index (Phi) is 5.29. The maximum absolute atomic E-state index is 12.1. The average molecular weight is 386 g/mol. The third-order valence-electron chi connectivity index (χ3n) is 5.61. The molecule has 28 heavy (non-hydrogen) atoms. The zero-order valence-corrected chi connectivity index (χ0v) is 17.2. The normalized spacial score (nSPS) is 18.9. The van der Waals surface area contributed by atoms with Crippen LogP contribution in [0.5, 0.6) is 0 Å². The van der Waals surface area contributed by atoms with Crippen LogP contribution in [0, 0.1) is 0 Å². The molecule has 2 N–H and O–H groups in total. The van der Waals surface area contributed by atoms with E-state index in [4.69, 9.17) is 14.0 Å². The Labute approximate surface area is 165 Å². The molecule has 1 aromatic heterocycles. The average Bonchev–Trinajstić information content (AvgIpc) is 3.11. The molecule has 0 radical (unpaired) electrons. The zero-order chi connectivity index (χ0) is 20.7. The van der Waals surface area contributed by atoms with Crippen molar-refractivity contribution < 1.29 is 23.6 Å². The van der Waals surface area contributed by atoms with Crippen LogP contribution in [0.15, 0.2) is 24.4 Å². The van der Waals surface area contributed by atoms with Crippen molar-refractivity contribution >= 4 is 35.4 Å². The van der Waals surface area contributed by atoms with Crippen molar-refractivity contribution in [2.75, 3.05) is 7.11 Å². The third kappa shape index (κ3) is 3.66. The van der Waals surface area contributed by atoms with E-state index in [9.17, 15) is 9.59 Å². The highest BCUT2D eigenvalue weighted by Crippen LogP contribution is 2.37. The fraction of sp³-hybridized carbons (Fsp3) is 0.500. The molecule has 1 aliphatic rings. The van der Waals surface area contributed by atoms with Gasteiger partial charge < -0.3 is 24.3 Å². The highest BCUT2D eigenvalue weighted by atomic mass is 16.7. The van der Waals surface area contributed by atoms with Crippen molar-refractivity contribution in [2.45, 2.75) is 58.3 Å². The monoisotopic (exact) mass is 386 g/mol. The van der Waals surface area contributed by atoms with E-state index in [0.29, 0.717) is 6.42 Å². The zero-order valence-electron chi connectivity index (χ0n) is 17.2. The quantitative estimate of drug-likeness (QED) is 0.603. The molecule has 3 rings (SSSR count). The van der Waals surface area contributed by atoms with Crippen LogP contribution in [-0.4, -0.2) is 48.3 Å². The van der Waals surface area contributed by atoms with Crippen LogP contribution in [0.2, 0.25) is 0 Å². The van der Waals surface area contributed by atoms with Crippen LogP contribution in [0.25, 0.3) is 10.9 Å². The summed E-state index contributed by atoms with van der Waals surface area (Å²) in [4.78, 5) is 26.9. The van der Waals surface area contributed by atoms with Crippen LogP contribution in [0.1, 0.15) is 40.2 Å². The number of rotatable bonds is 5. The first-order valence-electron chi connectivity index (χ1n) is 9.35. The molecule has 0 aliphatic carbocycles.